The van der Waals surface area contributed by atoms with Crippen LogP contribution in [0.4, 0.5) is 0 Å². The zero-order valence-electron chi connectivity index (χ0n) is 8.58. The second-order valence-corrected chi connectivity index (χ2v) is 4.58. The Morgan fingerprint density at radius 2 is 1.69 bits per heavy atom. The van der Waals surface area contributed by atoms with Crippen LogP contribution >= 0.6 is 23.2 Å². The molecule has 0 atom stereocenters. The van der Waals surface area contributed by atoms with Gasteiger partial charge in [-0.2, -0.15) is 0 Å². The lowest BCUT2D eigenvalue weighted by Gasteiger charge is -2.25. The Morgan fingerprint density at radius 3 is 2.25 bits per heavy atom. The Balaban J connectivity index is 2.29. The lowest BCUT2D eigenvalue weighted by Crippen LogP contribution is -2.35. The van der Waals surface area contributed by atoms with E-state index in [1.807, 2.05) is 0 Å². The van der Waals surface area contributed by atoms with Crippen molar-refractivity contribution in [3.05, 3.63) is 33.8 Å². The van der Waals surface area contributed by atoms with Crippen LogP contribution in [-0.4, -0.2) is 31.5 Å². The summed E-state index contributed by atoms with van der Waals surface area (Å²) in [6, 6.07) is 5.02. The number of ether oxygens (including phenoxy) is 2. The number of benzene rings is 1. The summed E-state index contributed by atoms with van der Waals surface area (Å²) < 4.78 is 10.6. The van der Waals surface area contributed by atoms with Gasteiger partial charge in [-0.15, -0.1) is 0 Å². The molecule has 2 rings (SSSR count). The first-order valence-corrected chi connectivity index (χ1v) is 5.71. The Labute approximate surface area is 104 Å². The van der Waals surface area contributed by atoms with E-state index < -0.39 is 5.60 Å². The third kappa shape index (κ3) is 2.50. The van der Waals surface area contributed by atoms with Gasteiger partial charge < -0.3 is 14.6 Å². The van der Waals surface area contributed by atoms with E-state index in [0.29, 0.717) is 28.8 Å². The molecule has 1 aromatic carbocycles. The fourth-order valence-electron chi connectivity index (χ4n) is 1.59. The Bertz CT molecular complexity index is 373. The van der Waals surface area contributed by atoms with Crippen molar-refractivity contribution < 1.29 is 14.6 Å². The highest BCUT2D eigenvalue weighted by molar-refractivity contribution is 6.42. The summed E-state index contributed by atoms with van der Waals surface area (Å²) in [6.45, 7) is 1.38. The van der Waals surface area contributed by atoms with E-state index in [9.17, 15) is 5.11 Å². The quantitative estimate of drug-likeness (QED) is 0.844. The number of halogens is 2. The molecular formula is C11H12Cl2O3. The average Bonchev–Trinajstić information content (AvgIpc) is 2.48. The minimum atomic E-state index is -1.15. The van der Waals surface area contributed by atoms with Crippen LogP contribution in [0.3, 0.4) is 0 Å². The number of hydrogen-bond acceptors (Lipinski definition) is 3. The molecule has 0 aromatic heterocycles. The fourth-order valence-corrected chi connectivity index (χ4v) is 1.89. The van der Waals surface area contributed by atoms with Crippen molar-refractivity contribution in [1.29, 1.82) is 0 Å². The average molecular weight is 263 g/mol. The lowest BCUT2D eigenvalue weighted by atomic mass is 9.96. The first-order valence-electron chi connectivity index (χ1n) is 4.95. The Kier molecular flexibility index (Phi) is 3.72. The summed E-state index contributed by atoms with van der Waals surface area (Å²) in [5.74, 6) is 0. The van der Waals surface area contributed by atoms with Gasteiger partial charge in [-0.1, -0.05) is 29.3 Å². The SMILES string of the molecule is OC1(c2ccc(Cl)c(Cl)c2)COCCOC1. The second kappa shape index (κ2) is 4.90. The van der Waals surface area contributed by atoms with Crippen molar-refractivity contribution in [2.24, 2.45) is 0 Å². The highest BCUT2D eigenvalue weighted by Gasteiger charge is 2.32. The van der Waals surface area contributed by atoms with E-state index in [1.54, 1.807) is 18.2 Å². The molecule has 0 bridgehead atoms. The standard InChI is InChI=1S/C11H12Cl2O3/c12-9-2-1-8(5-10(9)13)11(14)6-15-3-4-16-7-11/h1-2,5,14H,3-4,6-7H2. The monoisotopic (exact) mass is 262 g/mol. The third-order valence-electron chi connectivity index (χ3n) is 2.51. The van der Waals surface area contributed by atoms with Crippen LogP contribution < -0.4 is 0 Å². The Hall–Kier alpha value is -0.320. The summed E-state index contributed by atoms with van der Waals surface area (Å²) in [5, 5.41) is 11.3. The number of hydrogen-bond donors (Lipinski definition) is 1. The predicted molar refractivity (Wildman–Crippen MR) is 62.0 cm³/mol. The van der Waals surface area contributed by atoms with E-state index in [0.717, 1.165) is 0 Å². The van der Waals surface area contributed by atoms with Gasteiger partial charge in [0.1, 0.15) is 5.60 Å². The summed E-state index contributed by atoms with van der Waals surface area (Å²) >= 11 is 11.7. The van der Waals surface area contributed by atoms with E-state index in [1.165, 1.54) is 0 Å². The molecule has 1 aromatic rings. The molecule has 0 amide bonds. The van der Waals surface area contributed by atoms with Gasteiger partial charge in [0.25, 0.3) is 0 Å². The van der Waals surface area contributed by atoms with Gasteiger partial charge in [0, 0.05) is 0 Å². The van der Waals surface area contributed by atoms with Gasteiger partial charge in [0.05, 0.1) is 36.5 Å². The van der Waals surface area contributed by atoms with Crippen molar-refractivity contribution in [2.75, 3.05) is 26.4 Å². The molecule has 0 saturated carbocycles. The van der Waals surface area contributed by atoms with Crippen LogP contribution in [-0.2, 0) is 15.1 Å². The van der Waals surface area contributed by atoms with Crippen LogP contribution in [0.5, 0.6) is 0 Å². The molecule has 16 heavy (non-hydrogen) atoms. The van der Waals surface area contributed by atoms with Crippen LogP contribution in [0.25, 0.3) is 0 Å². The van der Waals surface area contributed by atoms with Gasteiger partial charge in [-0.25, -0.2) is 0 Å². The second-order valence-electron chi connectivity index (χ2n) is 3.77. The largest absolute Gasteiger partial charge is 0.380 e. The van der Waals surface area contributed by atoms with Crippen LogP contribution in [0.1, 0.15) is 5.56 Å². The fraction of sp³-hybridized carbons (Fsp3) is 0.455. The van der Waals surface area contributed by atoms with E-state index in [-0.39, 0.29) is 13.2 Å². The molecule has 88 valence electrons. The maximum atomic E-state index is 10.4. The molecule has 0 spiro atoms. The lowest BCUT2D eigenvalue weighted by molar-refractivity contribution is -0.0599. The van der Waals surface area contributed by atoms with E-state index in [4.69, 9.17) is 32.7 Å². The van der Waals surface area contributed by atoms with E-state index in [2.05, 4.69) is 0 Å². The molecule has 3 nitrogen and oxygen atoms in total. The van der Waals surface area contributed by atoms with Gasteiger partial charge in [0.15, 0.2) is 0 Å². The molecule has 0 aliphatic carbocycles. The van der Waals surface area contributed by atoms with Crippen molar-refractivity contribution in [2.45, 2.75) is 5.60 Å². The number of aliphatic hydroxyl groups is 1. The highest BCUT2D eigenvalue weighted by atomic mass is 35.5. The van der Waals surface area contributed by atoms with Gasteiger partial charge in [-0.3, -0.25) is 0 Å². The molecule has 5 heteroatoms. The maximum absolute atomic E-state index is 10.4. The van der Waals surface area contributed by atoms with E-state index >= 15 is 0 Å². The molecule has 1 aliphatic rings. The topological polar surface area (TPSA) is 38.7 Å². The van der Waals surface area contributed by atoms with Crippen molar-refractivity contribution >= 4 is 23.2 Å². The van der Waals surface area contributed by atoms with Crippen molar-refractivity contribution in [3.8, 4) is 0 Å². The zero-order chi connectivity index (χ0) is 11.6. The smallest absolute Gasteiger partial charge is 0.136 e. The minimum absolute atomic E-state index is 0.199. The minimum Gasteiger partial charge on any atom is -0.380 e. The highest BCUT2D eigenvalue weighted by Crippen LogP contribution is 2.30. The molecule has 1 saturated heterocycles. The Morgan fingerprint density at radius 1 is 1.06 bits per heavy atom. The molecular weight excluding hydrogens is 251 g/mol. The van der Waals surface area contributed by atoms with Crippen molar-refractivity contribution in [3.63, 3.8) is 0 Å². The summed E-state index contributed by atoms with van der Waals surface area (Å²) in [6.07, 6.45) is 0. The zero-order valence-corrected chi connectivity index (χ0v) is 10.1. The molecule has 1 heterocycles. The third-order valence-corrected chi connectivity index (χ3v) is 3.25. The first kappa shape index (κ1) is 12.1. The first-order chi connectivity index (χ1) is 7.62. The molecule has 0 radical (unpaired) electrons. The number of rotatable bonds is 1. The van der Waals surface area contributed by atoms with Crippen molar-refractivity contribution in [1.82, 2.24) is 0 Å². The van der Waals surface area contributed by atoms with Gasteiger partial charge in [0.2, 0.25) is 0 Å². The van der Waals surface area contributed by atoms with Gasteiger partial charge >= 0.3 is 0 Å². The molecule has 0 unspecified atom stereocenters. The summed E-state index contributed by atoms with van der Waals surface area (Å²) in [4.78, 5) is 0. The summed E-state index contributed by atoms with van der Waals surface area (Å²) in [5.41, 5.74) is -0.492. The normalized spacial score (nSPS) is 20.4. The van der Waals surface area contributed by atoms with Crippen LogP contribution in [0.2, 0.25) is 10.0 Å². The predicted octanol–water partition coefficient (Wildman–Crippen LogP) is 2.23. The summed E-state index contributed by atoms with van der Waals surface area (Å²) in [7, 11) is 0. The molecule has 1 fully saturated rings. The van der Waals surface area contributed by atoms with Crippen LogP contribution in [0, 0.1) is 0 Å². The molecule has 1 N–H and O–H groups in total. The maximum Gasteiger partial charge on any atom is 0.136 e. The van der Waals surface area contributed by atoms with Gasteiger partial charge in [-0.05, 0) is 17.7 Å². The van der Waals surface area contributed by atoms with Crippen LogP contribution in [0.15, 0.2) is 18.2 Å². The molecule has 1 aliphatic heterocycles.